The number of benzene rings is 2. The first-order valence-corrected chi connectivity index (χ1v) is 7.45. The van der Waals surface area contributed by atoms with Crippen molar-refractivity contribution < 1.29 is 10.5 Å². The van der Waals surface area contributed by atoms with Gasteiger partial charge >= 0.3 is 0 Å². The van der Waals surface area contributed by atoms with Gasteiger partial charge in [0.05, 0.1) is 6.61 Å². The molecule has 0 aromatic heterocycles. The summed E-state index contributed by atoms with van der Waals surface area (Å²) in [5.41, 5.74) is 8.44. The average Bonchev–Trinajstić information content (AvgIpc) is 2.95. The highest BCUT2D eigenvalue weighted by Gasteiger charge is 2.16. The molecule has 1 aliphatic rings. The normalized spacial score (nSPS) is 14.7. The van der Waals surface area contributed by atoms with E-state index in [1.807, 2.05) is 0 Å². The summed E-state index contributed by atoms with van der Waals surface area (Å²) < 4.78 is 5.55. The summed E-state index contributed by atoms with van der Waals surface area (Å²) in [5, 5.41) is 0. The largest absolute Gasteiger partial charge is 0.493 e. The number of hydrogen-bond donors (Lipinski definition) is 1. The van der Waals surface area contributed by atoms with Crippen LogP contribution in [0.15, 0.2) is 48.5 Å². The molecule has 2 nitrogen and oxygen atoms in total. The van der Waals surface area contributed by atoms with Crippen LogP contribution in [0.25, 0.3) is 0 Å². The molecule has 0 saturated heterocycles. The summed E-state index contributed by atoms with van der Waals surface area (Å²) in [6, 6.07) is 17.6. The van der Waals surface area contributed by atoms with Gasteiger partial charge in [-0.15, -0.1) is 0 Å². The Morgan fingerprint density at radius 2 is 1.95 bits per heavy atom. The van der Waals surface area contributed by atoms with Gasteiger partial charge in [-0.3, -0.25) is 0 Å². The molecule has 3 rings (SSSR count). The van der Waals surface area contributed by atoms with Crippen LogP contribution in [0.3, 0.4) is 0 Å². The lowest BCUT2D eigenvalue weighted by molar-refractivity contribution is -0.428. The van der Waals surface area contributed by atoms with Gasteiger partial charge in [0.2, 0.25) is 0 Å². The van der Waals surface area contributed by atoms with Gasteiger partial charge in [-0.05, 0) is 42.2 Å². The first-order chi connectivity index (χ1) is 9.83. The molecule has 0 spiro atoms. The smallest absolute Gasteiger partial charge is 0.122 e. The second-order valence-corrected chi connectivity index (χ2v) is 5.54. The van der Waals surface area contributed by atoms with Crippen LogP contribution in [0.4, 0.5) is 0 Å². The fourth-order valence-corrected chi connectivity index (χ4v) is 2.82. The fourth-order valence-electron chi connectivity index (χ4n) is 2.82. The zero-order valence-electron chi connectivity index (χ0n) is 11.8. The SMILES string of the molecule is [NH3+][C@H](CCCc1ccccc1)c1ccc2c(c1)CCO2. The lowest BCUT2D eigenvalue weighted by Gasteiger charge is -2.10. The first kappa shape index (κ1) is 13.2. The van der Waals surface area contributed by atoms with E-state index in [9.17, 15) is 0 Å². The number of rotatable bonds is 5. The molecular formula is C18H22NO+. The van der Waals surface area contributed by atoms with Gasteiger partial charge in [-0.2, -0.15) is 0 Å². The van der Waals surface area contributed by atoms with Gasteiger partial charge in [0.1, 0.15) is 11.8 Å². The topological polar surface area (TPSA) is 36.9 Å². The monoisotopic (exact) mass is 268 g/mol. The van der Waals surface area contributed by atoms with E-state index in [4.69, 9.17) is 4.74 Å². The molecule has 1 heterocycles. The minimum absolute atomic E-state index is 0.379. The van der Waals surface area contributed by atoms with Crippen LogP contribution < -0.4 is 10.5 Å². The predicted molar refractivity (Wildman–Crippen MR) is 80.7 cm³/mol. The molecule has 0 amide bonds. The summed E-state index contributed by atoms with van der Waals surface area (Å²) in [7, 11) is 0. The van der Waals surface area contributed by atoms with Crippen LogP contribution in [0.2, 0.25) is 0 Å². The molecule has 2 aromatic rings. The van der Waals surface area contributed by atoms with Crippen molar-refractivity contribution in [1.29, 1.82) is 0 Å². The van der Waals surface area contributed by atoms with Crippen molar-refractivity contribution in [2.45, 2.75) is 31.7 Å². The maximum Gasteiger partial charge on any atom is 0.122 e. The molecule has 3 N–H and O–H groups in total. The van der Waals surface area contributed by atoms with Crippen molar-refractivity contribution >= 4 is 0 Å². The van der Waals surface area contributed by atoms with Crippen LogP contribution in [0.5, 0.6) is 5.75 Å². The summed E-state index contributed by atoms with van der Waals surface area (Å²) in [6.45, 7) is 0.828. The highest BCUT2D eigenvalue weighted by molar-refractivity contribution is 5.40. The summed E-state index contributed by atoms with van der Waals surface area (Å²) in [5.74, 6) is 1.06. The third-order valence-corrected chi connectivity index (χ3v) is 4.05. The average molecular weight is 268 g/mol. The van der Waals surface area contributed by atoms with Crippen molar-refractivity contribution in [3.63, 3.8) is 0 Å². The van der Waals surface area contributed by atoms with E-state index in [-0.39, 0.29) is 0 Å². The van der Waals surface area contributed by atoms with Crippen molar-refractivity contribution in [2.24, 2.45) is 0 Å². The second-order valence-electron chi connectivity index (χ2n) is 5.54. The lowest BCUT2D eigenvalue weighted by Crippen LogP contribution is -2.53. The van der Waals surface area contributed by atoms with E-state index < -0.39 is 0 Å². The van der Waals surface area contributed by atoms with E-state index >= 15 is 0 Å². The lowest BCUT2D eigenvalue weighted by atomic mass is 9.98. The summed E-state index contributed by atoms with van der Waals surface area (Å²) >= 11 is 0. The Balaban J connectivity index is 1.55. The van der Waals surface area contributed by atoms with E-state index in [2.05, 4.69) is 54.3 Å². The van der Waals surface area contributed by atoms with E-state index in [0.717, 1.165) is 31.6 Å². The summed E-state index contributed by atoms with van der Waals surface area (Å²) in [6.07, 6.45) is 4.50. The number of ether oxygens (including phenoxy) is 1. The maximum absolute atomic E-state index is 5.55. The molecule has 2 aromatic carbocycles. The first-order valence-electron chi connectivity index (χ1n) is 7.45. The van der Waals surface area contributed by atoms with Crippen molar-refractivity contribution in [3.05, 3.63) is 65.2 Å². The Morgan fingerprint density at radius 1 is 1.10 bits per heavy atom. The fraction of sp³-hybridized carbons (Fsp3) is 0.333. The molecule has 0 bridgehead atoms. The zero-order chi connectivity index (χ0) is 13.8. The minimum atomic E-state index is 0.379. The molecule has 0 aliphatic carbocycles. The van der Waals surface area contributed by atoms with Crippen molar-refractivity contribution in [3.8, 4) is 5.75 Å². The van der Waals surface area contributed by atoms with Crippen LogP contribution in [0, 0.1) is 0 Å². The quantitative estimate of drug-likeness (QED) is 0.889. The number of hydrogen-bond acceptors (Lipinski definition) is 1. The van der Waals surface area contributed by atoms with Gasteiger partial charge in [0.15, 0.2) is 0 Å². The minimum Gasteiger partial charge on any atom is -0.493 e. The molecule has 0 unspecified atom stereocenters. The Bertz CT molecular complexity index is 565. The Hall–Kier alpha value is -1.80. The third-order valence-electron chi connectivity index (χ3n) is 4.05. The highest BCUT2D eigenvalue weighted by Crippen LogP contribution is 2.28. The van der Waals surface area contributed by atoms with Gasteiger partial charge in [0, 0.05) is 18.4 Å². The van der Waals surface area contributed by atoms with Crippen LogP contribution in [0.1, 0.15) is 35.6 Å². The van der Waals surface area contributed by atoms with E-state index in [0.29, 0.717) is 6.04 Å². The van der Waals surface area contributed by atoms with Gasteiger partial charge in [0.25, 0.3) is 0 Å². The number of quaternary nitrogens is 1. The Morgan fingerprint density at radius 3 is 2.80 bits per heavy atom. The molecule has 104 valence electrons. The zero-order valence-corrected chi connectivity index (χ0v) is 11.8. The maximum atomic E-state index is 5.55. The molecule has 1 atom stereocenters. The van der Waals surface area contributed by atoms with Gasteiger partial charge in [-0.25, -0.2) is 0 Å². The van der Waals surface area contributed by atoms with Gasteiger partial charge in [-0.1, -0.05) is 30.3 Å². The third kappa shape index (κ3) is 3.02. The number of fused-ring (bicyclic) bond motifs is 1. The predicted octanol–water partition coefficient (Wildman–Crippen LogP) is 2.93. The Kier molecular flexibility index (Phi) is 4.03. The van der Waals surface area contributed by atoms with E-state index in [1.54, 1.807) is 0 Å². The van der Waals surface area contributed by atoms with Gasteiger partial charge < -0.3 is 10.5 Å². The molecular weight excluding hydrogens is 246 g/mol. The second kappa shape index (κ2) is 6.10. The molecule has 0 radical (unpaired) electrons. The molecule has 2 heteroatoms. The molecule has 0 fully saturated rings. The molecule has 0 saturated carbocycles. The van der Waals surface area contributed by atoms with E-state index in [1.165, 1.54) is 23.1 Å². The van der Waals surface area contributed by atoms with Crippen molar-refractivity contribution in [1.82, 2.24) is 0 Å². The molecule has 1 aliphatic heterocycles. The number of aryl methyl sites for hydroxylation is 1. The highest BCUT2D eigenvalue weighted by atomic mass is 16.5. The van der Waals surface area contributed by atoms with Crippen LogP contribution in [-0.2, 0) is 12.8 Å². The van der Waals surface area contributed by atoms with Crippen LogP contribution in [-0.4, -0.2) is 6.61 Å². The summed E-state index contributed by atoms with van der Waals surface area (Å²) in [4.78, 5) is 0. The van der Waals surface area contributed by atoms with Crippen molar-refractivity contribution in [2.75, 3.05) is 6.61 Å². The molecule has 20 heavy (non-hydrogen) atoms. The van der Waals surface area contributed by atoms with Crippen LogP contribution >= 0.6 is 0 Å². The Labute approximate surface area is 120 Å². The standard InChI is InChI=1S/C18H21NO/c19-17(8-4-7-14-5-2-1-3-6-14)15-9-10-18-16(13-15)11-12-20-18/h1-3,5-6,9-10,13,17H,4,7-8,11-12,19H2/p+1/t17-/m1/s1.